The molecule has 0 aliphatic heterocycles. The third kappa shape index (κ3) is 3.19. The zero-order chi connectivity index (χ0) is 13.8. The second-order valence-corrected chi connectivity index (χ2v) is 5.15. The molecule has 0 radical (unpaired) electrons. The van der Waals surface area contributed by atoms with Crippen LogP contribution in [0.3, 0.4) is 0 Å². The van der Waals surface area contributed by atoms with Crippen molar-refractivity contribution < 1.29 is 4.39 Å². The van der Waals surface area contributed by atoms with E-state index >= 15 is 0 Å². The summed E-state index contributed by atoms with van der Waals surface area (Å²) in [5.41, 5.74) is 6.88. The molecular formula is C13H16BrFN4. The summed E-state index contributed by atoms with van der Waals surface area (Å²) in [6.45, 7) is 2.89. The maximum absolute atomic E-state index is 13.5. The Kier molecular flexibility index (Phi) is 4.66. The van der Waals surface area contributed by atoms with E-state index in [1.54, 1.807) is 6.07 Å². The van der Waals surface area contributed by atoms with Gasteiger partial charge < -0.3 is 5.73 Å². The first-order valence-electron chi connectivity index (χ1n) is 6.19. The lowest BCUT2D eigenvalue weighted by Crippen LogP contribution is -2.18. The van der Waals surface area contributed by atoms with Crippen LogP contribution in [-0.4, -0.2) is 14.8 Å². The summed E-state index contributed by atoms with van der Waals surface area (Å²) in [4.78, 5) is 4.22. The van der Waals surface area contributed by atoms with Gasteiger partial charge in [-0.15, -0.1) is 0 Å². The Bertz CT molecular complexity index is 555. The number of halogens is 2. The average molecular weight is 327 g/mol. The number of aromatic nitrogens is 3. The van der Waals surface area contributed by atoms with Crippen molar-refractivity contribution in [1.29, 1.82) is 0 Å². The van der Waals surface area contributed by atoms with Crippen LogP contribution in [-0.2, 0) is 13.0 Å². The van der Waals surface area contributed by atoms with E-state index in [0.717, 1.165) is 24.4 Å². The van der Waals surface area contributed by atoms with Gasteiger partial charge in [0.25, 0.3) is 0 Å². The van der Waals surface area contributed by atoms with Gasteiger partial charge in [0, 0.05) is 19.0 Å². The zero-order valence-electron chi connectivity index (χ0n) is 10.7. The summed E-state index contributed by atoms with van der Waals surface area (Å²) >= 11 is 3.24. The molecule has 0 saturated carbocycles. The molecule has 0 saturated heterocycles. The minimum atomic E-state index is -0.315. The molecule has 1 aromatic heterocycles. The zero-order valence-corrected chi connectivity index (χ0v) is 12.3. The molecule has 2 rings (SSSR count). The van der Waals surface area contributed by atoms with Gasteiger partial charge in [-0.25, -0.2) is 9.37 Å². The Morgan fingerprint density at radius 2 is 2.26 bits per heavy atom. The van der Waals surface area contributed by atoms with Crippen LogP contribution in [0.5, 0.6) is 0 Å². The third-order valence-corrected chi connectivity index (χ3v) is 3.75. The molecule has 0 fully saturated rings. The molecule has 2 aromatic rings. The fourth-order valence-electron chi connectivity index (χ4n) is 1.96. The smallest absolute Gasteiger partial charge is 0.138 e. The molecular weight excluding hydrogens is 311 g/mol. The second-order valence-electron chi connectivity index (χ2n) is 4.35. The van der Waals surface area contributed by atoms with E-state index < -0.39 is 0 Å². The van der Waals surface area contributed by atoms with Crippen molar-refractivity contribution in [2.75, 3.05) is 0 Å². The van der Waals surface area contributed by atoms with Gasteiger partial charge in [-0.1, -0.05) is 19.1 Å². The van der Waals surface area contributed by atoms with Crippen molar-refractivity contribution in [1.82, 2.24) is 14.8 Å². The molecule has 1 aromatic carbocycles. The summed E-state index contributed by atoms with van der Waals surface area (Å²) < 4.78 is 15.7. The van der Waals surface area contributed by atoms with Crippen LogP contribution in [0, 0.1) is 5.82 Å². The highest BCUT2D eigenvalue weighted by molar-refractivity contribution is 9.10. The standard InChI is InChI=1S/C13H16BrFN4/c1-2-6-19-12(17-8-18-19)7-11(16)9-4-3-5-10(15)13(9)14/h3-5,8,11H,2,6-7,16H2,1H3. The van der Waals surface area contributed by atoms with Crippen LogP contribution >= 0.6 is 15.9 Å². The summed E-state index contributed by atoms with van der Waals surface area (Å²) in [5.74, 6) is 0.522. The van der Waals surface area contributed by atoms with Gasteiger partial charge in [0.15, 0.2) is 0 Å². The molecule has 0 aliphatic carbocycles. The van der Waals surface area contributed by atoms with E-state index in [-0.39, 0.29) is 11.9 Å². The van der Waals surface area contributed by atoms with Crippen molar-refractivity contribution >= 4 is 15.9 Å². The number of hydrogen-bond donors (Lipinski definition) is 1. The van der Waals surface area contributed by atoms with Crippen LogP contribution in [0.1, 0.15) is 30.8 Å². The maximum Gasteiger partial charge on any atom is 0.138 e. The van der Waals surface area contributed by atoms with Crippen LogP contribution < -0.4 is 5.73 Å². The van der Waals surface area contributed by atoms with Crippen LogP contribution in [0.2, 0.25) is 0 Å². The van der Waals surface area contributed by atoms with Gasteiger partial charge in [-0.3, -0.25) is 4.68 Å². The number of benzene rings is 1. The molecule has 4 nitrogen and oxygen atoms in total. The van der Waals surface area contributed by atoms with E-state index in [2.05, 4.69) is 32.9 Å². The van der Waals surface area contributed by atoms with Crippen LogP contribution in [0.25, 0.3) is 0 Å². The lowest BCUT2D eigenvalue weighted by molar-refractivity contribution is 0.545. The minimum Gasteiger partial charge on any atom is -0.324 e. The quantitative estimate of drug-likeness (QED) is 0.919. The Hall–Kier alpha value is -1.27. The summed E-state index contributed by atoms with van der Waals surface area (Å²) in [7, 11) is 0. The predicted octanol–water partition coefficient (Wildman–Crippen LogP) is 2.83. The van der Waals surface area contributed by atoms with E-state index in [9.17, 15) is 4.39 Å². The largest absolute Gasteiger partial charge is 0.324 e. The van der Waals surface area contributed by atoms with E-state index in [4.69, 9.17) is 5.73 Å². The molecule has 1 heterocycles. The van der Waals surface area contributed by atoms with Gasteiger partial charge >= 0.3 is 0 Å². The molecule has 19 heavy (non-hydrogen) atoms. The van der Waals surface area contributed by atoms with Gasteiger partial charge in [-0.2, -0.15) is 5.10 Å². The maximum atomic E-state index is 13.5. The molecule has 0 amide bonds. The highest BCUT2D eigenvalue weighted by atomic mass is 79.9. The van der Waals surface area contributed by atoms with Gasteiger partial charge in [-0.05, 0) is 34.0 Å². The summed E-state index contributed by atoms with van der Waals surface area (Å²) in [5, 5.41) is 4.16. The van der Waals surface area contributed by atoms with E-state index in [0.29, 0.717) is 10.9 Å². The van der Waals surface area contributed by atoms with Gasteiger partial charge in [0.1, 0.15) is 18.0 Å². The van der Waals surface area contributed by atoms with Gasteiger partial charge in [0.05, 0.1) is 4.47 Å². The van der Waals surface area contributed by atoms with Crippen molar-refractivity contribution in [3.05, 3.63) is 46.2 Å². The first kappa shape index (κ1) is 14.1. The van der Waals surface area contributed by atoms with Crippen molar-refractivity contribution in [2.45, 2.75) is 32.4 Å². The number of aryl methyl sites for hydroxylation is 1. The number of rotatable bonds is 5. The fourth-order valence-corrected chi connectivity index (χ4v) is 2.52. The Balaban J connectivity index is 2.18. The molecule has 1 atom stereocenters. The molecule has 0 aliphatic rings. The topological polar surface area (TPSA) is 56.7 Å². The van der Waals surface area contributed by atoms with Crippen LogP contribution in [0.15, 0.2) is 29.0 Å². The molecule has 1 unspecified atom stereocenters. The van der Waals surface area contributed by atoms with Crippen molar-refractivity contribution in [2.24, 2.45) is 5.73 Å². The van der Waals surface area contributed by atoms with Crippen LogP contribution in [0.4, 0.5) is 4.39 Å². The highest BCUT2D eigenvalue weighted by Crippen LogP contribution is 2.26. The Morgan fingerprint density at radius 3 is 3.00 bits per heavy atom. The Morgan fingerprint density at radius 1 is 1.47 bits per heavy atom. The summed E-state index contributed by atoms with van der Waals surface area (Å²) in [6.07, 6.45) is 3.04. The molecule has 6 heteroatoms. The predicted molar refractivity (Wildman–Crippen MR) is 75.0 cm³/mol. The molecule has 2 N–H and O–H groups in total. The third-order valence-electron chi connectivity index (χ3n) is 2.91. The van der Waals surface area contributed by atoms with Gasteiger partial charge in [0.2, 0.25) is 0 Å². The minimum absolute atomic E-state index is 0.303. The monoisotopic (exact) mass is 326 g/mol. The number of hydrogen-bond acceptors (Lipinski definition) is 3. The average Bonchev–Trinajstić information content (AvgIpc) is 2.80. The van der Waals surface area contributed by atoms with Crippen molar-refractivity contribution in [3.8, 4) is 0 Å². The highest BCUT2D eigenvalue weighted by Gasteiger charge is 2.16. The van der Waals surface area contributed by atoms with E-state index in [1.807, 2.05) is 10.7 Å². The summed E-state index contributed by atoms with van der Waals surface area (Å²) in [6, 6.07) is 4.56. The fraction of sp³-hybridized carbons (Fsp3) is 0.385. The number of nitrogens with two attached hydrogens (primary N) is 1. The van der Waals surface area contributed by atoms with Crippen molar-refractivity contribution in [3.63, 3.8) is 0 Å². The molecule has 0 bridgehead atoms. The lowest BCUT2D eigenvalue weighted by atomic mass is 10.0. The SMILES string of the molecule is CCCn1ncnc1CC(N)c1cccc(F)c1Br. The number of nitrogens with zero attached hydrogens (tertiary/aromatic N) is 3. The lowest BCUT2D eigenvalue weighted by Gasteiger charge is -2.14. The normalized spacial score (nSPS) is 12.6. The Labute approximate surface area is 120 Å². The molecule has 0 spiro atoms. The first-order chi connectivity index (χ1) is 9.13. The van der Waals surface area contributed by atoms with E-state index in [1.165, 1.54) is 12.4 Å². The molecule has 102 valence electrons. The second kappa shape index (κ2) is 6.25. The first-order valence-corrected chi connectivity index (χ1v) is 6.99.